The Balaban J connectivity index is 1.40. The Morgan fingerprint density at radius 3 is 0.750 bits per heavy atom. The molecule has 10 heteroatoms. The van der Waals surface area contributed by atoms with Crippen molar-refractivity contribution >= 4 is 31.9 Å². The van der Waals surface area contributed by atoms with Gasteiger partial charge in [-0.1, -0.05) is 80.4 Å². The van der Waals surface area contributed by atoms with Crippen LogP contribution in [0.25, 0.3) is 0 Å². The van der Waals surface area contributed by atoms with Gasteiger partial charge in [0.2, 0.25) is 0 Å². The van der Waals surface area contributed by atoms with Gasteiger partial charge in [0.05, 0.1) is 22.4 Å². The molecule has 2 saturated carbocycles. The summed E-state index contributed by atoms with van der Waals surface area (Å²) in [6.45, 7) is 0.846. The molecule has 2 aliphatic rings. The molecule has 2 fully saturated rings. The van der Waals surface area contributed by atoms with Crippen LogP contribution in [0.5, 0.6) is 0 Å². The van der Waals surface area contributed by atoms with Gasteiger partial charge in [-0.2, -0.15) is 0 Å². The third kappa shape index (κ3) is 8.26. The van der Waals surface area contributed by atoms with Crippen LogP contribution in [0.15, 0.2) is 81.7 Å². The second kappa shape index (κ2) is 17.0. The number of ether oxygens (including phenoxy) is 8. The van der Waals surface area contributed by atoms with Gasteiger partial charge < -0.3 is 37.9 Å². The van der Waals surface area contributed by atoms with Crippen LogP contribution in [0.1, 0.15) is 73.6 Å². The van der Waals surface area contributed by atoms with E-state index in [2.05, 4.69) is 105 Å². The molecule has 0 amide bonds. The topological polar surface area (TPSA) is 73.8 Å². The van der Waals surface area contributed by atoms with Crippen molar-refractivity contribution in [3.63, 3.8) is 0 Å². The molecule has 5 rings (SSSR count). The molecule has 0 radical (unpaired) electrons. The normalized spacial score (nSPS) is 27.6. The van der Waals surface area contributed by atoms with E-state index in [4.69, 9.17) is 37.9 Å². The minimum absolute atomic E-state index is 0.201. The van der Waals surface area contributed by atoms with E-state index in [1.54, 1.807) is 28.4 Å². The Morgan fingerprint density at radius 1 is 0.375 bits per heavy atom. The summed E-state index contributed by atoms with van der Waals surface area (Å²) in [7, 11) is 6.65. The minimum Gasteiger partial charge on any atom is -0.359 e. The molecule has 3 aromatic rings. The van der Waals surface area contributed by atoms with Crippen LogP contribution >= 0.6 is 31.9 Å². The number of benzene rings is 3. The van der Waals surface area contributed by atoms with Crippen LogP contribution in [-0.4, -0.2) is 55.6 Å². The highest BCUT2D eigenvalue weighted by molar-refractivity contribution is 9.10. The first-order valence-corrected chi connectivity index (χ1v) is 18.0. The van der Waals surface area contributed by atoms with E-state index in [-0.39, 0.29) is 27.2 Å². The predicted molar refractivity (Wildman–Crippen MR) is 190 cm³/mol. The maximum absolute atomic E-state index is 6.56. The van der Waals surface area contributed by atoms with E-state index < -0.39 is 22.4 Å². The fourth-order valence-electron chi connectivity index (χ4n) is 7.45. The van der Waals surface area contributed by atoms with Crippen LogP contribution in [0, 0.1) is 0 Å². The maximum atomic E-state index is 6.56. The molecule has 0 bridgehead atoms. The summed E-state index contributed by atoms with van der Waals surface area (Å²) in [5.74, 6) is 0. The molecule has 3 aromatic carbocycles. The monoisotopic (exact) mass is 790 g/mol. The van der Waals surface area contributed by atoms with Gasteiger partial charge in [-0.05, 0) is 97.9 Å². The molecule has 2 aliphatic carbocycles. The van der Waals surface area contributed by atoms with E-state index in [9.17, 15) is 0 Å². The minimum atomic E-state index is -0.526. The summed E-state index contributed by atoms with van der Waals surface area (Å²) in [6.07, 6.45) is 6.10. The molecule has 0 heterocycles. The van der Waals surface area contributed by atoms with Crippen molar-refractivity contribution in [3.8, 4) is 0 Å². The average molecular weight is 793 g/mol. The van der Waals surface area contributed by atoms with E-state index in [0.29, 0.717) is 0 Å². The molecule has 8 nitrogen and oxygen atoms in total. The van der Waals surface area contributed by atoms with Gasteiger partial charge in [-0.25, -0.2) is 0 Å². The number of hydrogen-bond donors (Lipinski definition) is 0. The number of hydrogen-bond acceptors (Lipinski definition) is 8. The molecule has 0 spiro atoms. The summed E-state index contributed by atoms with van der Waals surface area (Å²) in [5, 5.41) is 0. The summed E-state index contributed by atoms with van der Waals surface area (Å²) < 4.78 is 49.7. The SMILES string of the molecule is COCOC1(c2ccc(Br)cc2)CCC(OCOC)(c2ccc(C3(OCOC)CCC(OCOC)(c4ccc(Br)cc4)CC3)cc2)CC1. The Hall–Kier alpha value is -1.70. The first kappa shape index (κ1) is 37.6. The Morgan fingerprint density at radius 2 is 0.562 bits per heavy atom. The highest BCUT2D eigenvalue weighted by Crippen LogP contribution is 2.52. The molecule has 0 unspecified atom stereocenters. The van der Waals surface area contributed by atoms with E-state index in [1.807, 2.05) is 0 Å². The zero-order chi connectivity index (χ0) is 34.1. The van der Waals surface area contributed by atoms with E-state index in [1.165, 1.54) is 0 Å². The largest absolute Gasteiger partial charge is 0.359 e. The fourth-order valence-corrected chi connectivity index (χ4v) is 7.98. The molecule has 0 saturated heterocycles. The number of methoxy groups -OCH3 is 4. The Bertz CT molecular complexity index is 1290. The van der Waals surface area contributed by atoms with Crippen LogP contribution in [0.4, 0.5) is 0 Å². The van der Waals surface area contributed by atoms with Crippen molar-refractivity contribution in [2.75, 3.05) is 55.6 Å². The molecular weight excluding hydrogens is 744 g/mol. The molecular formula is C38H48Br2O8. The lowest BCUT2D eigenvalue weighted by molar-refractivity contribution is -0.204. The highest BCUT2D eigenvalue weighted by atomic mass is 79.9. The third-order valence-corrected chi connectivity index (χ3v) is 11.3. The van der Waals surface area contributed by atoms with Crippen LogP contribution in [0.2, 0.25) is 0 Å². The molecule has 48 heavy (non-hydrogen) atoms. The van der Waals surface area contributed by atoms with Crippen molar-refractivity contribution < 1.29 is 37.9 Å². The quantitative estimate of drug-likeness (QED) is 0.133. The third-order valence-electron chi connectivity index (χ3n) is 10.2. The van der Waals surface area contributed by atoms with Gasteiger partial charge in [0.25, 0.3) is 0 Å². The lowest BCUT2D eigenvalue weighted by atomic mass is 9.68. The van der Waals surface area contributed by atoms with Crippen LogP contribution in [-0.2, 0) is 60.3 Å². The first-order chi connectivity index (χ1) is 23.3. The highest BCUT2D eigenvalue weighted by Gasteiger charge is 2.48. The summed E-state index contributed by atoms with van der Waals surface area (Å²) in [5.41, 5.74) is 2.52. The van der Waals surface area contributed by atoms with Gasteiger partial charge >= 0.3 is 0 Å². The molecule has 0 aromatic heterocycles. The second-order valence-corrected chi connectivity index (χ2v) is 14.6. The zero-order valence-corrected chi connectivity index (χ0v) is 31.6. The fraction of sp³-hybridized carbons (Fsp3) is 0.526. The standard InChI is InChI=1S/C38H48Br2O8/c1-41-25-45-35(17-21-37(22-18-35,47-27-43-3)31-9-13-33(39)14-10-31)29-5-7-30(8-6-29)36(46-26-42-2)19-23-38(24-20-36,48-28-44-4)32-11-15-34(40)16-12-32/h5-16H,17-28H2,1-4H3. The number of rotatable bonds is 16. The predicted octanol–water partition coefficient (Wildman–Crippen LogP) is 9.02. The van der Waals surface area contributed by atoms with Gasteiger partial charge in [0.15, 0.2) is 0 Å². The average Bonchev–Trinajstić information content (AvgIpc) is 3.13. The molecule has 0 atom stereocenters. The van der Waals surface area contributed by atoms with Crippen LogP contribution in [0.3, 0.4) is 0 Å². The van der Waals surface area contributed by atoms with Gasteiger partial charge in [0, 0.05) is 37.4 Å². The summed E-state index contributed by atoms with van der Waals surface area (Å²) >= 11 is 7.14. The molecule has 0 aliphatic heterocycles. The lowest BCUT2D eigenvalue weighted by Crippen LogP contribution is -2.44. The maximum Gasteiger partial charge on any atom is 0.147 e. The van der Waals surface area contributed by atoms with Crippen molar-refractivity contribution in [3.05, 3.63) is 104 Å². The van der Waals surface area contributed by atoms with Gasteiger partial charge in [-0.15, -0.1) is 0 Å². The van der Waals surface area contributed by atoms with Gasteiger partial charge in [0.1, 0.15) is 27.2 Å². The summed E-state index contributed by atoms with van der Waals surface area (Å²) in [6, 6.07) is 25.6. The first-order valence-electron chi connectivity index (χ1n) is 16.4. The van der Waals surface area contributed by atoms with Crippen molar-refractivity contribution in [1.29, 1.82) is 0 Å². The van der Waals surface area contributed by atoms with E-state index >= 15 is 0 Å². The Kier molecular flexibility index (Phi) is 13.3. The van der Waals surface area contributed by atoms with Crippen molar-refractivity contribution in [2.24, 2.45) is 0 Å². The van der Waals surface area contributed by atoms with E-state index in [0.717, 1.165) is 82.6 Å². The van der Waals surface area contributed by atoms with Crippen LogP contribution < -0.4 is 0 Å². The van der Waals surface area contributed by atoms with Crippen molar-refractivity contribution in [2.45, 2.75) is 73.8 Å². The molecule has 262 valence electrons. The Labute approximate surface area is 301 Å². The number of halogens is 2. The summed E-state index contributed by atoms with van der Waals surface area (Å²) in [4.78, 5) is 0. The lowest BCUT2D eigenvalue weighted by Gasteiger charge is -2.47. The smallest absolute Gasteiger partial charge is 0.147 e. The second-order valence-electron chi connectivity index (χ2n) is 12.8. The van der Waals surface area contributed by atoms with Gasteiger partial charge in [-0.3, -0.25) is 0 Å². The zero-order valence-electron chi connectivity index (χ0n) is 28.4. The molecule has 0 N–H and O–H groups in total. The van der Waals surface area contributed by atoms with Crippen molar-refractivity contribution in [1.82, 2.24) is 0 Å².